The van der Waals surface area contributed by atoms with Crippen molar-refractivity contribution in [3.8, 4) is 0 Å². The number of amides is 1. The van der Waals surface area contributed by atoms with Crippen LogP contribution >= 0.6 is 15.9 Å². The number of nitrogens with zero attached hydrogens (tertiary/aromatic N) is 1. The molecule has 1 amide bonds. The lowest BCUT2D eigenvalue weighted by Gasteiger charge is -2.19. The molecule has 0 saturated heterocycles. The van der Waals surface area contributed by atoms with Gasteiger partial charge in [0.15, 0.2) is 0 Å². The lowest BCUT2D eigenvalue weighted by Crippen LogP contribution is -2.30. The molecule has 0 atom stereocenters. The van der Waals surface area contributed by atoms with Crippen LogP contribution in [0.5, 0.6) is 0 Å². The normalized spacial score (nSPS) is 10.6. The van der Waals surface area contributed by atoms with Crippen LogP contribution in [0.3, 0.4) is 0 Å². The molecule has 0 aromatic heterocycles. The first-order valence-electron chi connectivity index (χ1n) is 5.22. The Morgan fingerprint density at radius 3 is 2.62 bits per heavy atom. The van der Waals surface area contributed by atoms with Crippen molar-refractivity contribution >= 4 is 27.5 Å². The number of nitrogens with two attached hydrogens (primary N) is 1. The van der Waals surface area contributed by atoms with Crippen LogP contribution < -0.4 is 5.73 Å². The van der Waals surface area contributed by atoms with Gasteiger partial charge in [-0.2, -0.15) is 0 Å². The molecule has 0 unspecified atom stereocenters. The lowest BCUT2D eigenvalue weighted by molar-refractivity contribution is 0.0779. The number of anilines is 1. The summed E-state index contributed by atoms with van der Waals surface area (Å²) in [6.07, 6.45) is 0. The number of carbonyl (C=O) groups excluding carboxylic acids is 1. The number of hydrogen-bond donors (Lipinski definition) is 1. The van der Waals surface area contributed by atoms with Crippen LogP contribution in [0.15, 0.2) is 22.7 Å². The summed E-state index contributed by atoms with van der Waals surface area (Å²) in [5.41, 5.74) is 6.97. The van der Waals surface area contributed by atoms with E-state index in [2.05, 4.69) is 29.8 Å². The van der Waals surface area contributed by atoms with Crippen LogP contribution in [0, 0.1) is 5.92 Å². The summed E-state index contributed by atoms with van der Waals surface area (Å²) in [5, 5.41) is 0. The molecule has 0 spiro atoms. The number of hydrogen-bond acceptors (Lipinski definition) is 2. The van der Waals surface area contributed by atoms with Crippen molar-refractivity contribution in [1.29, 1.82) is 0 Å². The number of benzene rings is 1. The molecule has 2 N–H and O–H groups in total. The molecule has 1 rings (SSSR count). The molecule has 4 heteroatoms. The first kappa shape index (κ1) is 13.0. The highest BCUT2D eigenvalue weighted by Crippen LogP contribution is 2.21. The minimum Gasteiger partial charge on any atom is -0.398 e. The van der Waals surface area contributed by atoms with Crippen LogP contribution in [0.2, 0.25) is 0 Å². The summed E-state index contributed by atoms with van der Waals surface area (Å²) in [5.74, 6) is 0.487. The standard InChI is InChI=1S/C12H17BrN2O/c1-8(2)7-15(3)12(16)9-4-5-11(14)10(13)6-9/h4-6,8H,7,14H2,1-3H3. The minimum atomic E-state index is 0.0226. The quantitative estimate of drug-likeness (QED) is 0.868. The van der Waals surface area contributed by atoms with Crippen molar-refractivity contribution < 1.29 is 4.79 Å². The van der Waals surface area contributed by atoms with Gasteiger partial charge in [-0.25, -0.2) is 0 Å². The molecule has 0 bridgehead atoms. The van der Waals surface area contributed by atoms with Gasteiger partial charge in [0.05, 0.1) is 0 Å². The first-order valence-corrected chi connectivity index (χ1v) is 6.01. The van der Waals surface area contributed by atoms with Crippen LogP contribution in [-0.2, 0) is 0 Å². The van der Waals surface area contributed by atoms with Gasteiger partial charge >= 0.3 is 0 Å². The average Bonchev–Trinajstić information content (AvgIpc) is 2.20. The fourth-order valence-corrected chi connectivity index (χ4v) is 1.89. The fraction of sp³-hybridized carbons (Fsp3) is 0.417. The van der Waals surface area contributed by atoms with Crippen molar-refractivity contribution in [1.82, 2.24) is 4.90 Å². The Morgan fingerprint density at radius 2 is 2.12 bits per heavy atom. The van der Waals surface area contributed by atoms with E-state index >= 15 is 0 Å². The zero-order chi connectivity index (χ0) is 12.3. The molecule has 0 radical (unpaired) electrons. The molecule has 0 saturated carbocycles. The van der Waals surface area contributed by atoms with Crippen molar-refractivity contribution in [2.24, 2.45) is 5.92 Å². The Kier molecular flexibility index (Phi) is 4.35. The number of rotatable bonds is 3. The highest BCUT2D eigenvalue weighted by atomic mass is 79.9. The van der Waals surface area contributed by atoms with Gasteiger partial charge in [0.1, 0.15) is 0 Å². The minimum absolute atomic E-state index is 0.0226. The summed E-state index contributed by atoms with van der Waals surface area (Å²) < 4.78 is 0.760. The SMILES string of the molecule is CC(C)CN(C)C(=O)c1ccc(N)c(Br)c1. The summed E-state index contributed by atoms with van der Waals surface area (Å²) >= 11 is 3.32. The van der Waals surface area contributed by atoms with Crippen LogP contribution in [-0.4, -0.2) is 24.4 Å². The van der Waals surface area contributed by atoms with Crippen molar-refractivity contribution in [3.05, 3.63) is 28.2 Å². The second kappa shape index (κ2) is 5.34. The van der Waals surface area contributed by atoms with E-state index in [1.54, 1.807) is 23.1 Å². The third-order valence-electron chi connectivity index (χ3n) is 2.23. The van der Waals surface area contributed by atoms with E-state index in [1.807, 2.05) is 7.05 Å². The zero-order valence-corrected chi connectivity index (χ0v) is 11.4. The van der Waals surface area contributed by atoms with Gasteiger partial charge in [-0.3, -0.25) is 4.79 Å². The molecule has 0 fully saturated rings. The average molecular weight is 285 g/mol. The van der Waals surface area contributed by atoms with Crippen LogP contribution in [0.4, 0.5) is 5.69 Å². The fourth-order valence-electron chi connectivity index (χ4n) is 1.51. The molecule has 3 nitrogen and oxygen atoms in total. The Labute approximate surface area is 105 Å². The van der Waals surface area contributed by atoms with E-state index < -0.39 is 0 Å². The van der Waals surface area contributed by atoms with Gasteiger partial charge < -0.3 is 10.6 Å². The third kappa shape index (κ3) is 3.23. The van der Waals surface area contributed by atoms with E-state index in [1.165, 1.54) is 0 Å². The molecular weight excluding hydrogens is 268 g/mol. The monoisotopic (exact) mass is 284 g/mol. The van der Waals surface area contributed by atoms with Gasteiger partial charge in [0.25, 0.3) is 5.91 Å². The molecule has 0 aliphatic carbocycles. The Bertz CT molecular complexity index is 391. The Balaban J connectivity index is 2.84. The largest absolute Gasteiger partial charge is 0.398 e. The van der Waals surface area contributed by atoms with Gasteiger partial charge in [-0.05, 0) is 40.0 Å². The van der Waals surface area contributed by atoms with E-state index in [0.717, 1.165) is 11.0 Å². The predicted molar refractivity (Wildman–Crippen MR) is 70.4 cm³/mol. The van der Waals surface area contributed by atoms with Gasteiger partial charge in [-0.1, -0.05) is 13.8 Å². The molecule has 88 valence electrons. The van der Waals surface area contributed by atoms with Gasteiger partial charge in [0, 0.05) is 29.3 Å². The summed E-state index contributed by atoms with van der Waals surface area (Å²) in [6, 6.07) is 5.24. The van der Waals surface area contributed by atoms with Crippen molar-refractivity contribution in [2.75, 3.05) is 19.3 Å². The molecule has 0 aliphatic rings. The molecule has 0 aliphatic heterocycles. The van der Waals surface area contributed by atoms with Crippen molar-refractivity contribution in [3.63, 3.8) is 0 Å². The van der Waals surface area contributed by atoms with Gasteiger partial charge in [0.2, 0.25) is 0 Å². The second-order valence-corrected chi connectivity index (χ2v) is 5.17. The van der Waals surface area contributed by atoms with Crippen LogP contribution in [0.25, 0.3) is 0 Å². The highest BCUT2D eigenvalue weighted by molar-refractivity contribution is 9.10. The first-order chi connectivity index (χ1) is 7.41. The molecular formula is C12H17BrN2O. The smallest absolute Gasteiger partial charge is 0.253 e. The molecule has 0 heterocycles. The van der Waals surface area contributed by atoms with Gasteiger partial charge in [-0.15, -0.1) is 0 Å². The van der Waals surface area contributed by atoms with E-state index in [0.29, 0.717) is 17.2 Å². The Hall–Kier alpha value is -1.03. The predicted octanol–water partition coefficient (Wildman–Crippen LogP) is 2.76. The summed E-state index contributed by atoms with van der Waals surface area (Å²) in [4.78, 5) is 13.7. The van der Waals surface area contributed by atoms with E-state index in [-0.39, 0.29) is 5.91 Å². The maximum absolute atomic E-state index is 12.0. The van der Waals surface area contributed by atoms with Crippen molar-refractivity contribution in [2.45, 2.75) is 13.8 Å². The topological polar surface area (TPSA) is 46.3 Å². The summed E-state index contributed by atoms with van der Waals surface area (Å²) in [7, 11) is 1.81. The molecule has 1 aromatic rings. The van der Waals surface area contributed by atoms with E-state index in [9.17, 15) is 4.79 Å². The number of nitrogen functional groups attached to an aromatic ring is 1. The molecule has 16 heavy (non-hydrogen) atoms. The van der Waals surface area contributed by atoms with Crippen LogP contribution in [0.1, 0.15) is 24.2 Å². The third-order valence-corrected chi connectivity index (χ3v) is 2.92. The Morgan fingerprint density at radius 1 is 1.50 bits per heavy atom. The van der Waals surface area contributed by atoms with E-state index in [4.69, 9.17) is 5.73 Å². The maximum atomic E-state index is 12.0. The second-order valence-electron chi connectivity index (χ2n) is 4.32. The number of halogens is 1. The number of carbonyl (C=O) groups is 1. The molecule has 1 aromatic carbocycles. The highest BCUT2D eigenvalue weighted by Gasteiger charge is 2.13. The zero-order valence-electron chi connectivity index (χ0n) is 9.83. The lowest BCUT2D eigenvalue weighted by atomic mass is 10.1. The summed E-state index contributed by atoms with van der Waals surface area (Å²) in [6.45, 7) is 4.92. The maximum Gasteiger partial charge on any atom is 0.253 e.